The number of aliphatic hydroxyl groups excluding tert-OH is 2. The summed E-state index contributed by atoms with van der Waals surface area (Å²) in [5.74, 6) is -1.13. The first-order valence-corrected chi connectivity index (χ1v) is 8.17. The van der Waals surface area contributed by atoms with Crippen molar-refractivity contribution in [1.29, 1.82) is 0 Å². The third kappa shape index (κ3) is 3.07. The average Bonchev–Trinajstić information content (AvgIpc) is 2.93. The van der Waals surface area contributed by atoms with Gasteiger partial charge in [-0.1, -0.05) is 30.3 Å². The zero-order chi connectivity index (χ0) is 18.7. The maximum atomic E-state index is 12.6. The van der Waals surface area contributed by atoms with Crippen LogP contribution in [0, 0.1) is 0 Å². The molecule has 1 amide bonds. The number of carbonyl (C=O) groups excluding carboxylic acids is 2. The zero-order valence-electron chi connectivity index (χ0n) is 14.3. The molecule has 134 valence electrons. The van der Waals surface area contributed by atoms with Gasteiger partial charge in [0.1, 0.15) is 11.5 Å². The molecule has 2 aromatic rings. The number of rotatable bonds is 5. The van der Waals surface area contributed by atoms with Crippen molar-refractivity contribution in [3.63, 3.8) is 0 Å². The monoisotopic (exact) mass is 353 g/mol. The Kier molecular flexibility index (Phi) is 5.04. The highest BCUT2D eigenvalue weighted by Crippen LogP contribution is 2.39. The van der Waals surface area contributed by atoms with Gasteiger partial charge in [0.05, 0.1) is 25.3 Å². The lowest BCUT2D eigenvalue weighted by atomic mass is 9.95. The SMILES string of the molecule is COc1ccc(/C(O)=C2\C(=O)C(=O)N(CCO)C2c2ccccc2)cc1. The Morgan fingerprint density at radius 1 is 1.08 bits per heavy atom. The Labute approximate surface area is 150 Å². The van der Waals surface area contributed by atoms with Gasteiger partial charge in [-0.2, -0.15) is 0 Å². The number of hydrogen-bond acceptors (Lipinski definition) is 5. The summed E-state index contributed by atoms with van der Waals surface area (Å²) in [4.78, 5) is 26.3. The number of ketones is 1. The van der Waals surface area contributed by atoms with Crippen molar-refractivity contribution in [2.75, 3.05) is 20.3 Å². The largest absolute Gasteiger partial charge is 0.507 e. The number of nitrogens with zero attached hydrogens (tertiary/aromatic N) is 1. The molecule has 1 atom stereocenters. The lowest BCUT2D eigenvalue weighted by molar-refractivity contribution is -0.140. The molecule has 0 aromatic heterocycles. The molecule has 0 bridgehead atoms. The van der Waals surface area contributed by atoms with Crippen molar-refractivity contribution in [2.24, 2.45) is 0 Å². The van der Waals surface area contributed by atoms with E-state index in [9.17, 15) is 19.8 Å². The van der Waals surface area contributed by atoms with Gasteiger partial charge in [-0.15, -0.1) is 0 Å². The van der Waals surface area contributed by atoms with Crippen molar-refractivity contribution < 1.29 is 24.5 Å². The van der Waals surface area contributed by atoms with Gasteiger partial charge in [0, 0.05) is 12.1 Å². The van der Waals surface area contributed by atoms with Crippen molar-refractivity contribution in [3.8, 4) is 5.75 Å². The van der Waals surface area contributed by atoms with Crippen LogP contribution in [0.25, 0.3) is 5.76 Å². The molecule has 26 heavy (non-hydrogen) atoms. The van der Waals surface area contributed by atoms with E-state index in [0.29, 0.717) is 16.9 Å². The first-order valence-electron chi connectivity index (χ1n) is 8.17. The quantitative estimate of drug-likeness (QED) is 0.488. The molecule has 3 rings (SSSR count). The van der Waals surface area contributed by atoms with E-state index in [1.807, 2.05) is 6.07 Å². The van der Waals surface area contributed by atoms with Crippen LogP contribution in [0.15, 0.2) is 60.2 Å². The molecule has 0 aliphatic carbocycles. The van der Waals surface area contributed by atoms with Crippen LogP contribution in [0.4, 0.5) is 0 Å². The molecule has 0 saturated carbocycles. The van der Waals surface area contributed by atoms with Crippen LogP contribution in [0.1, 0.15) is 17.2 Å². The second-order valence-electron chi connectivity index (χ2n) is 5.86. The van der Waals surface area contributed by atoms with Crippen LogP contribution in [0.3, 0.4) is 0 Å². The third-order valence-electron chi connectivity index (χ3n) is 4.36. The summed E-state index contributed by atoms with van der Waals surface area (Å²) in [5, 5.41) is 20.1. The fourth-order valence-corrected chi connectivity index (χ4v) is 3.10. The van der Waals surface area contributed by atoms with Gasteiger partial charge in [0.2, 0.25) is 0 Å². The minimum atomic E-state index is -0.763. The maximum Gasteiger partial charge on any atom is 0.295 e. The normalized spacial score (nSPS) is 19.0. The topological polar surface area (TPSA) is 87.1 Å². The minimum Gasteiger partial charge on any atom is -0.507 e. The Balaban J connectivity index is 2.14. The molecular weight excluding hydrogens is 334 g/mol. The number of methoxy groups -OCH3 is 1. The van der Waals surface area contributed by atoms with E-state index in [0.717, 1.165) is 0 Å². The second-order valence-corrected chi connectivity index (χ2v) is 5.86. The van der Waals surface area contributed by atoms with Gasteiger partial charge in [0.15, 0.2) is 0 Å². The first kappa shape index (κ1) is 17.7. The molecule has 0 spiro atoms. The minimum absolute atomic E-state index is 0.00350. The number of aliphatic hydroxyl groups is 2. The Bertz CT molecular complexity index is 842. The van der Waals surface area contributed by atoms with Crippen molar-refractivity contribution >= 4 is 17.4 Å². The molecule has 1 unspecified atom stereocenters. The standard InChI is InChI=1S/C20H19NO5/c1-26-15-9-7-14(8-10-15)18(23)16-17(13-5-3-2-4-6-13)21(11-12-22)20(25)19(16)24/h2-10,17,22-23H,11-12H2,1H3/b18-16+. The molecule has 1 heterocycles. The maximum absolute atomic E-state index is 12.6. The average molecular weight is 353 g/mol. The number of Topliss-reactive ketones (excluding diaryl/α,β-unsaturated/α-hetero) is 1. The fraction of sp³-hybridized carbons (Fsp3) is 0.200. The highest BCUT2D eigenvalue weighted by molar-refractivity contribution is 6.46. The van der Waals surface area contributed by atoms with Gasteiger partial charge in [-0.3, -0.25) is 9.59 Å². The van der Waals surface area contributed by atoms with Crippen molar-refractivity contribution in [2.45, 2.75) is 6.04 Å². The van der Waals surface area contributed by atoms with Crippen molar-refractivity contribution in [1.82, 2.24) is 4.90 Å². The molecule has 1 saturated heterocycles. The second kappa shape index (κ2) is 7.41. The summed E-state index contributed by atoms with van der Waals surface area (Å²) >= 11 is 0. The number of ether oxygens (including phenoxy) is 1. The fourth-order valence-electron chi connectivity index (χ4n) is 3.10. The first-order chi connectivity index (χ1) is 12.6. The van der Waals surface area contributed by atoms with Crippen LogP contribution in [0.2, 0.25) is 0 Å². The predicted molar refractivity (Wildman–Crippen MR) is 95.5 cm³/mol. The lowest BCUT2D eigenvalue weighted by Gasteiger charge is -2.24. The van der Waals surface area contributed by atoms with Gasteiger partial charge in [0.25, 0.3) is 11.7 Å². The van der Waals surface area contributed by atoms with Crippen LogP contribution in [-0.2, 0) is 9.59 Å². The van der Waals surface area contributed by atoms with E-state index >= 15 is 0 Å². The molecule has 1 fully saturated rings. The van der Waals surface area contributed by atoms with E-state index in [2.05, 4.69) is 0 Å². The van der Waals surface area contributed by atoms with E-state index < -0.39 is 17.7 Å². The van der Waals surface area contributed by atoms with Gasteiger partial charge < -0.3 is 19.8 Å². The van der Waals surface area contributed by atoms with Crippen LogP contribution in [-0.4, -0.2) is 47.1 Å². The van der Waals surface area contributed by atoms with Crippen LogP contribution >= 0.6 is 0 Å². The number of β-amino-alcohol motifs (C(OH)–C–C–N with tert-alkyl or cyclic N) is 1. The number of likely N-dealkylation sites (tertiary alicyclic amines) is 1. The molecular formula is C20H19NO5. The summed E-state index contributed by atoms with van der Waals surface area (Å²) in [6.07, 6.45) is 0. The molecule has 0 radical (unpaired) electrons. The molecule has 2 aromatic carbocycles. The van der Waals surface area contributed by atoms with E-state index in [1.165, 1.54) is 12.0 Å². The van der Waals surface area contributed by atoms with Gasteiger partial charge in [-0.05, 0) is 29.8 Å². The lowest BCUT2D eigenvalue weighted by Crippen LogP contribution is -2.32. The number of hydrogen-bond donors (Lipinski definition) is 2. The summed E-state index contributed by atoms with van der Waals surface area (Å²) in [6.45, 7) is -0.275. The molecule has 2 N–H and O–H groups in total. The molecule has 6 heteroatoms. The summed E-state index contributed by atoms with van der Waals surface area (Å²) in [5.41, 5.74) is 1.11. The van der Waals surface area contributed by atoms with Crippen LogP contribution < -0.4 is 4.74 Å². The van der Waals surface area contributed by atoms with Crippen LogP contribution in [0.5, 0.6) is 5.75 Å². The molecule has 1 aliphatic rings. The van der Waals surface area contributed by atoms with E-state index in [1.54, 1.807) is 48.5 Å². The van der Waals surface area contributed by atoms with Gasteiger partial charge >= 0.3 is 0 Å². The highest BCUT2D eigenvalue weighted by atomic mass is 16.5. The summed E-state index contributed by atoms with van der Waals surface area (Å²) in [7, 11) is 1.53. The van der Waals surface area contributed by atoms with Gasteiger partial charge in [-0.25, -0.2) is 0 Å². The third-order valence-corrected chi connectivity index (χ3v) is 4.36. The molecule has 6 nitrogen and oxygen atoms in total. The number of benzene rings is 2. The Morgan fingerprint density at radius 2 is 1.73 bits per heavy atom. The molecule has 1 aliphatic heterocycles. The summed E-state index contributed by atoms with van der Waals surface area (Å²) in [6, 6.07) is 14.8. The van der Waals surface area contributed by atoms with E-state index in [-0.39, 0.29) is 24.5 Å². The smallest absolute Gasteiger partial charge is 0.295 e. The highest BCUT2D eigenvalue weighted by Gasteiger charge is 2.45. The summed E-state index contributed by atoms with van der Waals surface area (Å²) < 4.78 is 5.10. The number of carbonyl (C=O) groups is 2. The Hall–Kier alpha value is -3.12. The zero-order valence-corrected chi connectivity index (χ0v) is 14.3. The van der Waals surface area contributed by atoms with E-state index in [4.69, 9.17) is 4.74 Å². The predicted octanol–water partition coefficient (Wildman–Crippen LogP) is 2.11. The Morgan fingerprint density at radius 3 is 2.31 bits per heavy atom. The van der Waals surface area contributed by atoms with Crippen molar-refractivity contribution in [3.05, 3.63) is 71.3 Å². The number of amides is 1.